The third-order valence-electron chi connectivity index (χ3n) is 3.95. The summed E-state index contributed by atoms with van der Waals surface area (Å²) in [6.07, 6.45) is 4.11. The Bertz CT molecular complexity index is 328. The van der Waals surface area contributed by atoms with Crippen LogP contribution in [0.3, 0.4) is 0 Å². The minimum Gasteiger partial charge on any atom is -0.354 e. The van der Waals surface area contributed by atoms with Crippen LogP contribution in [0.1, 0.15) is 59.8 Å². The van der Waals surface area contributed by atoms with Crippen molar-refractivity contribution in [2.75, 3.05) is 13.1 Å². The zero-order valence-electron chi connectivity index (χ0n) is 12.8. The first-order valence-electron chi connectivity index (χ1n) is 7.50. The monoisotopic (exact) mass is 268 g/mol. The van der Waals surface area contributed by atoms with Crippen molar-refractivity contribution in [1.82, 2.24) is 10.2 Å². The molecule has 1 heterocycles. The van der Waals surface area contributed by atoms with Gasteiger partial charge in [-0.3, -0.25) is 9.59 Å². The number of nitrogens with zero attached hydrogens (tertiary/aromatic N) is 1. The molecule has 0 radical (unpaired) electrons. The van der Waals surface area contributed by atoms with Gasteiger partial charge in [-0.1, -0.05) is 27.2 Å². The van der Waals surface area contributed by atoms with Gasteiger partial charge in [-0.05, 0) is 32.1 Å². The van der Waals surface area contributed by atoms with Crippen LogP contribution in [0.4, 0.5) is 0 Å². The summed E-state index contributed by atoms with van der Waals surface area (Å²) in [5.41, 5.74) is -0.636. The fraction of sp³-hybridized carbons (Fsp3) is 0.867. The molecule has 110 valence electrons. The second-order valence-corrected chi connectivity index (χ2v) is 6.11. The van der Waals surface area contributed by atoms with Crippen molar-refractivity contribution in [1.29, 1.82) is 0 Å². The number of hydrogen-bond acceptors (Lipinski definition) is 2. The van der Waals surface area contributed by atoms with Crippen LogP contribution in [0.5, 0.6) is 0 Å². The summed E-state index contributed by atoms with van der Waals surface area (Å²) in [6.45, 7) is 9.67. The molecule has 0 aromatic heterocycles. The van der Waals surface area contributed by atoms with Crippen molar-refractivity contribution in [3.8, 4) is 0 Å². The molecular formula is C15H28N2O2. The molecule has 4 nitrogen and oxygen atoms in total. The van der Waals surface area contributed by atoms with E-state index in [1.54, 1.807) is 4.90 Å². The summed E-state index contributed by atoms with van der Waals surface area (Å²) in [7, 11) is 0. The van der Waals surface area contributed by atoms with Gasteiger partial charge in [0.1, 0.15) is 5.54 Å². The average molecular weight is 268 g/mol. The summed E-state index contributed by atoms with van der Waals surface area (Å²) in [6, 6.07) is 0. The van der Waals surface area contributed by atoms with Crippen LogP contribution >= 0.6 is 0 Å². The van der Waals surface area contributed by atoms with E-state index in [-0.39, 0.29) is 11.8 Å². The van der Waals surface area contributed by atoms with Gasteiger partial charge in [0.15, 0.2) is 0 Å². The van der Waals surface area contributed by atoms with Crippen molar-refractivity contribution in [2.45, 2.75) is 65.3 Å². The highest BCUT2D eigenvalue weighted by Crippen LogP contribution is 2.30. The first-order chi connectivity index (χ1) is 8.91. The molecule has 0 spiro atoms. The smallest absolute Gasteiger partial charge is 0.245 e. The van der Waals surface area contributed by atoms with Crippen molar-refractivity contribution >= 4 is 11.8 Å². The molecule has 0 aromatic carbocycles. The summed E-state index contributed by atoms with van der Waals surface area (Å²) >= 11 is 0. The first-order valence-corrected chi connectivity index (χ1v) is 7.50. The highest BCUT2D eigenvalue weighted by molar-refractivity contribution is 5.94. The Morgan fingerprint density at radius 1 is 1.47 bits per heavy atom. The SMILES string of the molecule is CCCCN1C(=O)CCC1(C)C(=O)NCCC(C)C. The normalized spacial score (nSPS) is 23.2. The quantitative estimate of drug-likeness (QED) is 0.770. The molecule has 1 rings (SSSR count). The van der Waals surface area contributed by atoms with Gasteiger partial charge in [0.05, 0.1) is 0 Å². The molecule has 1 saturated heterocycles. The van der Waals surface area contributed by atoms with Crippen molar-refractivity contribution < 1.29 is 9.59 Å². The zero-order valence-corrected chi connectivity index (χ0v) is 12.8. The maximum Gasteiger partial charge on any atom is 0.245 e. The third-order valence-corrected chi connectivity index (χ3v) is 3.95. The van der Waals surface area contributed by atoms with Gasteiger partial charge in [-0.2, -0.15) is 0 Å². The van der Waals surface area contributed by atoms with E-state index in [1.807, 2.05) is 6.92 Å². The Morgan fingerprint density at radius 3 is 2.74 bits per heavy atom. The number of hydrogen-bond donors (Lipinski definition) is 1. The van der Waals surface area contributed by atoms with Gasteiger partial charge < -0.3 is 10.2 Å². The first kappa shape index (κ1) is 16.0. The van der Waals surface area contributed by atoms with E-state index in [9.17, 15) is 9.59 Å². The fourth-order valence-corrected chi connectivity index (χ4v) is 2.48. The van der Waals surface area contributed by atoms with Crippen LogP contribution in [0.15, 0.2) is 0 Å². The van der Waals surface area contributed by atoms with Crippen molar-refractivity contribution in [3.63, 3.8) is 0 Å². The van der Waals surface area contributed by atoms with Crippen LogP contribution in [0.25, 0.3) is 0 Å². The van der Waals surface area contributed by atoms with Gasteiger partial charge in [-0.15, -0.1) is 0 Å². The Balaban J connectivity index is 2.60. The number of amides is 2. The van der Waals surface area contributed by atoms with Crippen molar-refractivity contribution in [3.05, 3.63) is 0 Å². The molecule has 4 heteroatoms. The topological polar surface area (TPSA) is 49.4 Å². The second-order valence-electron chi connectivity index (χ2n) is 6.11. The summed E-state index contributed by atoms with van der Waals surface area (Å²) in [5.74, 6) is 0.708. The molecule has 0 saturated carbocycles. The zero-order chi connectivity index (χ0) is 14.5. The number of carbonyl (C=O) groups excluding carboxylic acids is 2. The predicted molar refractivity (Wildman–Crippen MR) is 76.7 cm³/mol. The lowest BCUT2D eigenvalue weighted by molar-refractivity contribution is -0.140. The van der Waals surface area contributed by atoms with Gasteiger partial charge in [0.2, 0.25) is 11.8 Å². The number of nitrogens with one attached hydrogen (secondary N) is 1. The van der Waals surface area contributed by atoms with E-state index in [0.717, 1.165) is 19.3 Å². The fourth-order valence-electron chi connectivity index (χ4n) is 2.48. The maximum absolute atomic E-state index is 12.4. The van der Waals surface area contributed by atoms with E-state index in [2.05, 4.69) is 26.1 Å². The Hall–Kier alpha value is -1.06. The van der Waals surface area contributed by atoms with Gasteiger partial charge in [0.25, 0.3) is 0 Å². The number of rotatable bonds is 7. The summed E-state index contributed by atoms with van der Waals surface area (Å²) < 4.78 is 0. The highest BCUT2D eigenvalue weighted by Gasteiger charge is 2.46. The molecule has 1 aliphatic rings. The predicted octanol–water partition coefficient (Wildman–Crippen LogP) is 2.33. The van der Waals surface area contributed by atoms with E-state index in [4.69, 9.17) is 0 Å². The highest BCUT2D eigenvalue weighted by atomic mass is 16.2. The van der Waals surface area contributed by atoms with Crippen LogP contribution in [-0.2, 0) is 9.59 Å². The van der Waals surface area contributed by atoms with Crippen LogP contribution in [-0.4, -0.2) is 35.3 Å². The lowest BCUT2D eigenvalue weighted by Crippen LogP contribution is -2.54. The second kappa shape index (κ2) is 6.92. The number of unbranched alkanes of at least 4 members (excludes halogenated alkanes) is 1. The largest absolute Gasteiger partial charge is 0.354 e. The average Bonchev–Trinajstić information content (AvgIpc) is 2.64. The summed E-state index contributed by atoms with van der Waals surface area (Å²) in [4.78, 5) is 26.1. The van der Waals surface area contributed by atoms with E-state index in [1.165, 1.54) is 0 Å². The molecule has 1 atom stereocenters. The van der Waals surface area contributed by atoms with Gasteiger partial charge in [-0.25, -0.2) is 0 Å². The van der Waals surface area contributed by atoms with Gasteiger partial charge >= 0.3 is 0 Å². The number of likely N-dealkylation sites (tertiary alicyclic amines) is 1. The Kier molecular flexibility index (Phi) is 5.83. The lowest BCUT2D eigenvalue weighted by atomic mass is 9.97. The lowest BCUT2D eigenvalue weighted by Gasteiger charge is -2.34. The summed E-state index contributed by atoms with van der Waals surface area (Å²) in [5, 5.41) is 2.99. The van der Waals surface area contributed by atoms with Gasteiger partial charge in [0, 0.05) is 19.5 Å². The molecule has 2 amide bonds. The molecule has 1 N–H and O–H groups in total. The van der Waals surface area contributed by atoms with E-state index >= 15 is 0 Å². The van der Waals surface area contributed by atoms with Crippen molar-refractivity contribution in [2.24, 2.45) is 5.92 Å². The molecule has 19 heavy (non-hydrogen) atoms. The third kappa shape index (κ3) is 3.95. The minimum absolute atomic E-state index is 0.00935. The minimum atomic E-state index is -0.636. The van der Waals surface area contributed by atoms with Crippen LogP contribution in [0.2, 0.25) is 0 Å². The Morgan fingerprint density at radius 2 is 2.16 bits per heavy atom. The molecule has 1 unspecified atom stereocenters. The Labute approximate surface area is 116 Å². The number of carbonyl (C=O) groups is 2. The molecular weight excluding hydrogens is 240 g/mol. The van der Waals surface area contributed by atoms with E-state index < -0.39 is 5.54 Å². The molecule has 1 fully saturated rings. The van der Waals surface area contributed by atoms with E-state index in [0.29, 0.717) is 31.8 Å². The maximum atomic E-state index is 12.4. The molecule has 0 aliphatic carbocycles. The standard InChI is InChI=1S/C15H28N2O2/c1-5-6-11-17-13(18)7-9-15(17,4)14(19)16-10-8-12(2)3/h12H,5-11H2,1-4H3,(H,16,19). The molecule has 0 aromatic rings. The van der Waals surface area contributed by atoms with Crippen LogP contribution < -0.4 is 5.32 Å². The molecule has 1 aliphatic heterocycles. The van der Waals surface area contributed by atoms with Crippen LogP contribution in [0, 0.1) is 5.92 Å². The molecule has 0 bridgehead atoms.